The van der Waals surface area contributed by atoms with Crippen LogP contribution in [0.1, 0.15) is 32.6 Å². The Bertz CT molecular complexity index is 672. The maximum Gasteiger partial charge on any atom is 0.409 e. The number of aliphatic imine (C=N–C) groups is 1. The zero-order valence-electron chi connectivity index (χ0n) is 16.7. The number of nitrogens with one attached hydrogen (secondary N) is 2. The lowest BCUT2D eigenvalue weighted by Crippen LogP contribution is -2.50. The zero-order valence-corrected chi connectivity index (χ0v) is 19.1. The molecule has 1 aromatic heterocycles. The van der Waals surface area contributed by atoms with Gasteiger partial charge in [0, 0.05) is 51.5 Å². The van der Waals surface area contributed by atoms with Crippen molar-refractivity contribution in [2.24, 2.45) is 4.99 Å². The Hall–Kier alpha value is -1.78. The minimum atomic E-state index is -0.226. The van der Waals surface area contributed by atoms with Crippen molar-refractivity contribution < 1.29 is 9.53 Å². The molecular formula is C19H32IN5O3. The maximum atomic E-state index is 11.7. The van der Waals surface area contributed by atoms with E-state index in [1.165, 1.54) is 0 Å². The Morgan fingerprint density at radius 3 is 2.68 bits per heavy atom. The molecule has 2 heterocycles. The Labute approximate surface area is 183 Å². The van der Waals surface area contributed by atoms with Crippen molar-refractivity contribution >= 4 is 36.0 Å². The van der Waals surface area contributed by atoms with Crippen LogP contribution in [0.25, 0.3) is 0 Å². The molecule has 28 heavy (non-hydrogen) atoms. The average Bonchev–Trinajstić information content (AvgIpc) is 2.68. The second-order valence-corrected chi connectivity index (χ2v) is 6.54. The molecule has 0 aliphatic carbocycles. The van der Waals surface area contributed by atoms with E-state index >= 15 is 0 Å². The minimum absolute atomic E-state index is 0. The van der Waals surface area contributed by atoms with E-state index in [4.69, 9.17) is 4.74 Å². The van der Waals surface area contributed by atoms with Gasteiger partial charge < -0.3 is 24.8 Å². The molecule has 0 atom stereocenters. The topological polar surface area (TPSA) is 88.0 Å². The summed E-state index contributed by atoms with van der Waals surface area (Å²) in [7, 11) is 1.76. The summed E-state index contributed by atoms with van der Waals surface area (Å²) in [6, 6.07) is 5.51. The van der Waals surface area contributed by atoms with E-state index in [1.807, 2.05) is 19.2 Å². The number of pyridine rings is 1. The number of hydrogen-bond acceptors (Lipinski definition) is 4. The van der Waals surface area contributed by atoms with Gasteiger partial charge in [0.1, 0.15) is 0 Å². The van der Waals surface area contributed by atoms with Crippen molar-refractivity contribution in [2.75, 3.05) is 33.3 Å². The highest BCUT2D eigenvalue weighted by atomic mass is 127. The van der Waals surface area contributed by atoms with Crippen LogP contribution in [0.5, 0.6) is 0 Å². The summed E-state index contributed by atoms with van der Waals surface area (Å²) in [6.07, 6.45) is 5.21. The number of rotatable bonds is 7. The van der Waals surface area contributed by atoms with E-state index in [9.17, 15) is 9.59 Å². The maximum absolute atomic E-state index is 11.7. The number of amides is 1. The van der Waals surface area contributed by atoms with Gasteiger partial charge in [-0.25, -0.2) is 4.79 Å². The molecule has 1 amide bonds. The molecule has 9 heteroatoms. The lowest BCUT2D eigenvalue weighted by atomic mass is 10.1. The van der Waals surface area contributed by atoms with Crippen LogP contribution in [0.2, 0.25) is 0 Å². The molecule has 0 unspecified atom stereocenters. The number of piperidine rings is 1. The number of likely N-dealkylation sites (tertiary alicyclic amines) is 1. The Balaban J connectivity index is 0.00000392. The lowest BCUT2D eigenvalue weighted by Gasteiger charge is -2.32. The van der Waals surface area contributed by atoms with E-state index in [2.05, 4.69) is 15.6 Å². The summed E-state index contributed by atoms with van der Waals surface area (Å²) in [6.45, 7) is 5.13. The summed E-state index contributed by atoms with van der Waals surface area (Å²) in [5, 5.41) is 6.74. The van der Waals surface area contributed by atoms with Crippen LogP contribution in [0, 0.1) is 0 Å². The lowest BCUT2D eigenvalue weighted by molar-refractivity contribution is 0.0963. The second-order valence-electron chi connectivity index (χ2n) is 6.54. The number of carbonyl (C=O) groups excluding carboxylic acids is 1. The third-order valence-corrected chi connectivity index (χ3v) is 4.60. The van der Waals surface area contributed by atoms with Gasteiger partial charge in [-0.15, -0.1) is 24.0 Å². The van der Waals surface area contributed by atoms with Crippen LogP contribution in [-0.4, -0.2) is 60.9 Å². The first-order valence-corrected chi connectivity index (χ1v) is 9.68. The van der Waals surface area contributed by atoms with E-state index in [-0.39, 0.29) is 35.6 Å². The number of nitrogens with zero attached hydrogens (tertiary/aromatic N) is 3. The van der Waals surface area contributed by atoms with Crippen LogP contribution >= 0.6 is 24.0 Å². The first-order chi connectivity index (χ1) is 13.1. The number of guanidine groups is 1. The number of aryl methyl sites for hydroxylation is 1. The number of halogens is 1. The molecule has 2 rings (SSSR count). The number of aromatic nitrogens is 1. The predicted octanol–water partition coefficient (Wildman–Crippen LogP) is 2.03. The van der Waals surface area contributed by atoms with E-state index in [0.717, 1.165) is 44.7 Å². The number of carbonyl (C=O) groups is 1. The number of ether oxygens (including phenoxy) is 1. The van der Waals surface area contributed by atoms with Gasteiger partial charge in [0.25, 0.3) is 0 Å². The van der Waals surface area contributed by atoms with Gasteiger partial charge in [0.2, 0.25) is 5.56 Å². The van der Waals surface area contributed by atoms with Crippen molar-refractivity contribution in [3.63, 3.8) is 0 Å². The smallest absolute Gasteiger partial charge is 0.409 e. The first kappa shape index (κ1) is 24.3. The molecule has 1 aliphatic heterocycles. The van der Waals surface area contributed by atoms with Gasteiger partial charge >= 0.3 is 6.09 Å². The predicted molar refractivity (Wildman–Crippen MR) is 121 cm³/mol. The van der Waals surface area contributed by atoms with Gasteiger partial charge in [-0.1, -0.05) is 6.07 Å². The fraction of sp³-hybridized carbons (Fsp3) is 0.632. The van der Waals surface area contributed by atoms with Gasteiger partial charge in [-0.3, -0.25) is 9.79 Å². The summed E-state index contributed by atoms with van der Waals surface area (Å²) in [4.78, 5) is 29.4. The fourth-order valence-corrected chi connectivity index (χ4v) is 3.07. The highest BCUT2D eigenvalue weighted by molar-refractivity contribution is 14.0. The Kier molecular flexibility index (Phi) is 11.6. The number of unbranched alkanes of at least 4 members (excludes halogenated alkanes) is 1. The van der Waals surface area contributed by atoms with Crippen molar-refractivity contribution in [3.05, 3.63) is 34.7 Å². The first-order valence-electron chi connectivity index (χ1n) is 9.68. The largest absolute Gasteiger partial charge is 0.450 e. The normalized spacial score (nSPS) is 14.9. The molecule has 8 nitrogen and oxygen atoms in total. The monoisotopic (exact) mass is 505 g/mol. The van der Waals surface area contributed by atoms with Crippen molar-refractivity contribution in [2.45, 2.75) is 45.2 Å². The molecular weight excluding hydrogens is 473 g/mol. The molecule has 0 bridgehead atoms. The van der Waals surface area contributed by atoms with Crippen molar-refractivity contribution in [3.8, 4) is 0 Å². The highest BCUT2D eigenvalue weighted by Crippen LogP contribution is 2.11. The Morgan fingerprint density at radius 1 is 1.29 bits per heavy atom. The summed E-state index contributed by atoms with van der Waals surface area (Å²) >= 11 is 0. The fourth-order valence-electron chi connectivity index (χ4n) is 3.07. The van der Waals surface area contributed by atoms with Gasteiger partial charge in [0.05, 0.1) is 6.61 Å². The van der Waals surface area contributed by atoms with Gasteiger partial charge in [-0.2, -0.15) is 0 Å². The Morgan fingerprint density at radius 2 is 2.04 bits per heavy atom. The second kappa shape index (κ2) is 13.4. The molecule has 2 N–H and O–H groups in total. The molecule has 0 radical (unpaired) electrons. The molecule has 1 aliphatic rings. The average molecular weight is 505 g/mol. The van der Waals surface area contributed by atoms with E-state index < -0.39 is 0 Å². The molecule has 1 saturated heterocycles. The molecule has 0 spiro atoms. The summed E-state index contributed by atoms with van der Waals surface area (Å²) in [5.74, 6) is 0.779. The van der Waals surface area contributed by atoms with Crippen LogP contribution in [0.15, 0.2) is 34.2 Å². The van der Waals surface area contributed by atoms with Gasteiger partial charge in [-0.05, 0) is 38.7 Å². The minimum Gasteiger partial charge on any atom is -0.450 e. The van der Waals surface area contributed by atoms with Gasteiger partial charge in [0.15, 0.2) is 5.96 Å². The number of hydrogen-bond donors (Lipinski definition) is 2. The van der Waals surface area contributed by atoms with Crippen LogP contribution in [0.3, 0.4) is 0 Å². The van der Waals surface area contributed by atoms with Crippen molar-refractivity contribution in [1.82, 2.24) is 20.1 Å². The molecule has 158 valence electrons. The van der Waals surface area contributed by atoms with Crippen LogP contribution < -0.4 is 16.2 Å². The summed E-state index contributed by atoms with van der Waals surface area (Å²) in [5.41, 5.74) is 0.0390. The highest BCUT2D eigenvalue weighted by Gasteiger charge is 2.23. The van der Waals surface area contributed by atoms with Crippen LogP contribution in [-0.2, 0) is 11.3 Å². The van der Waals surface area contributed by atoms with E-state index in [0.29, 0.717) is 25.7 Å². The molecule has 1 aromatic rings. The van der Waals surface area contributed by atoms with E-state index in [1.54, 1.807) is 28.6 Å². The quantitative estimate of drug-likeness (QED) is 0.256. The van der Waals surface area contributed by atoms with Crippen LogP contribution in [0.4, 0.5) is 4.79 Å². The molecule has 0 saturated carbocycles. The summed E-state index contributed by atoms with van der Waals surface area (Å²) < 4.78 is 6.77. The molecule has 1 fully saturated rings. The molecule has 0 aromatic carbocycles. The zero-order chi connectivity index (χ0) is 19.5. The van der Waals surface area contributed by atoms with Crippen molar-refractivity contribution in [1.29, 1.82) is 0 Å². The SMILES string of the molecule is CCOC(=O)N1CCC(NC(=NC)NCCCCn2ccccc2=O)CC1.I. The third-order valence-electron chi connectivity index (χ3n) is 4.60. The third kappa shape index (κ3) is 8.07. The standard InChI is InChI=1S/C19H31N5O3.HI/c1-3-27-19(26)24-14-9-16(10-15-24)22-18(20-2)21-11-5-7-13-23-12-6-4-8-17(23)25;/h4,6,8,12,16H,3,5,7,9-11,13-15H2,1-2H3,(H2,20,21,22);1H.